The molecule has 0 heterocycles. The Balaban J connectivity index is 2.87. The van der Waals surface area contributed by atoms with Crippen LogP contribution in [0.1, 0.15) is 45.0 Å². The number of hydrogen-bond donors (Lipinski definition) is 0. The Labute approximate surface area is 115 Å². The minimum atomic E-state index is 0.00849. The summed E-state index contributed by atoms with van der Waals surface area (Å²) >= 11 is 0. The summed E-state index contributed by atoms with van der Waals surface area (Å²) in [4.78, 5) is 11.6. The van der Waals surface area contributed by atoms with Crippen LogP contribution in [0.15, 0.2) is 18.2 Å². The molecule has 0 aromatic heterocycles. The van der Waals surface area contributed by atoms with Gasteiger partial charge in [0.2, 0.25) is 0 Å². The van der Waals surface area contributed by atoms with Gasteiger partial charge in [-0.15, -0.1) is 0 Å². The first-order chi connectivity index (χ1) is 8.90. The molecule has 0 atom stereocenters. The van der Waals surface area contributed by atoms with Gasteiger partial charge in [0.25, 0.3) is 0 Å². The first-order valence-electron chi connectivity index (χ1n) is 6.80. The van der Waals surface area contributed by atoms with E-state index in [1.165, 1.54) is 0 Å². The third-order valence-electron chi connectivity index (χ3n) is 2.49. The molecule has 106 valence electrons. The molecule has 0 radical (unpaired) electrons. The second-order valence-electron chi connectivity index (χ2n) is 5.62. The molecule has 1 aromatic rings. The standard InChI is InChI=1S/C16H24O3/c1-11(2)9-18-14-6-7-15(13(5)17)16(8-14)19-10-12(3)4/h6-8,11-12H,9-10H2,1-5H3. The smallest absolute Gasteiger partial charge is 0.163 e. The van der Waals surface area contributed by atoms with Gasteiger partial charge in [-0.1, -0.05) is 27.7 Å². The highest BCUT2D eigenvalue weighted by atomic mass is 16.5. The number of carbonyl (C=O) groups excluding carboxylic acids is 1. The molecule has 0 spiro atoms. The minimum Gasteiger partial charge on any atom is -0.493 e. The van der Waals surface area contributed by atoms with E-state index in [9.17, 15) is 4.79 Å². The topological polar surface area (TPSA) is 35.5 Å². The predicted molar refractivity (Wildman–Crippen MR) is 77.1 cm³/mol. The normalized spacial score (nSPS) is 10.9. The van der Waals surface area contributed by atoms with Crippen molar-refractivity contribution in [2.75, 3.05) is 13.2 Å². The number of Topliss-reactive ketones (excluding diaryl/α,β-unsaturated/α-hetero) is 1. The van der Waals surface area contributed by atoms with Crippen molar-refractivity contribution in [2.24, 2.45) is 11.8 Å². The van der Waals surface area contributed by atoms with Crippen LogP contribution < -0.4 is 9.47 Å². The number of carbonyl (C=O) groups is 1. The molecule has 0 aliphatic heterocycles. The van der Waals surface area contributed by atoms with Crippen molar-refractivity contribution in [1.29, 1.82) is 0 Å². The Morgan fingerprint density at radius 3 is 2.16 bits per heavy atom. The number of ketones is 1. The molecule has 0 N–H and O–H groups in total. The van der Waals surface area contributed by atoms with Crippen LogP contribution in [0.3, 0.4) is 0 Å². The van der Waals surface area contributed by atoms with Gasteiger partial charge in [0.1, 0.15) is 11.5 Å². The van der Waals surface area contributed by atoms with Gasteiger partial charge in [0.05, 0.1) is 18.8 Å². The second-order valence-corrected chi connectivity index (χ2v) is 5.62. The van der Waals surface area contributed by atoms with Gasteiger partial charge in [-0.3, -0.25) is 4.79 Å². The summed E-state index contributed by atoms with van der Waals surface area (Å²) in [5.74, 6) is 2.25. The maximum Gasteiger partial charge on any atom is 0.163 e. The lowest BCUT2D eigenvalue weighted by atomic mass is 10.1. The van der Waals surface area contributed by atoms with Crippen LogP contribution in [0.25, 0.3) is 0 Å². The van der Waals surface area contributed by atoms with Crippen LogP contribution in [-0.4, -0.2) is 19.0 Å². The molecule has 1 aromatic carbocycles. The van der Waals surface area contributed by atoms with Crippen molar-refractivity contribution in [1.82, 2.24) is 0 Å². The van der Waals surface area contributed by atoms with Crippen LogP contribution in [0.4, 0.5) is 0 Å². The highest BCUT2D eigenvalue weighted by molar-refractivity contribution is 5.97. The summed E-state index contributed by atoms with van der Waals surface area (Å²) in [6.45, 7) is 11.1. The van der Waals surface area contributed by atoms with E-state index in [0.29, 0.717) is 36.4 Å². The van der Waals surface area contributed by atoms with E-state index >= 15 is 0 Å². The van der Waals surface area contributed by atoms with E-state index in [1.807, 2.05) is 12.1 Å². The Hall–Kier alpha value is -1.51. The van der Waals surface area contributed by atoms with Crippen LogP contribution in [0.2, 0.25) is 0 Å². The summed E-state index contributed by atoms with van der Waals surface area (Å²) in [6, 6.07) is 5.40. The SMILES string of the molecule is CC(=O)c1ccc(OCC(C)C)cc1OCC(C)C. The quantitative estimate of drug-likeness (QED) is 0.699. The van der Waals surface area contributed by atoms with Gasteiger partial charge in [0, 0.05) is 6.07 Å². The summed E-state index contributed by atoms with van der Waals surface area (Å²) in [5.41, 5.74) is 0.609. The number of benzene rings is 1. The fourth-order valence-electron chi connectivity index (χ4n) is 1.52. The molecule has 1 rings (SSSR count). The van der Waals surface area contributed by atoms with Crippen molar-refractivity contribution in [2.45, 2.75) is 34.6 Å². The first kappa shape index (κ1) is 15.5. The first-order valence-corrected chi connectivity index (χ1v) is 6.80. The lowest BCUT2D eigenvalue weighted by molar-refractivity contribution is 0.101. The maximum atomic E-state index is 11.6. The summed E-state index contributed by atoms with van der Waals surface area (Å²) < 4.78 is 11.4. The van der Waals surface area contributed by atoms with Gasteiger partial charge < -0.3 is 9.47 Å². The second kappa shape index (κ2) is 7.17. The molecule has 0 aliphatic rings. The minimum absolute atomic E-state index is 0.00849. The molecule has 0 saturated carbocycles. The molecule has 0 saturated heterocycles. The molecular weight excluding hydrogens is 240 g/mol. The highest BCUT2D eigenvalue weighted by Crippen LogP contribution is 2.26. The summed E-state index contributed by atoms with van der Waals surface area (Å²) in [6.07, 6.45) is 0. The lowest BCUT2D eigenvalue weighted by Gasteiger charge is -2.14. The van der Waals surface area contributed by atoms with E-state index < -0.39 is 0 Å². The van der Waals surface area contributed by atoms with Gasteiger partial charge in [-0.25, -0.2) is 0 Å². The van der Waals surface area contributed by atoms with E-state index in [2.05, 4.69) is 27.7 Å². The summed E-state index contributed by atoms with van der Waals surface area (Å²) in [5, 5.41) is 0. The third kappa shape index (κ3) is 5.33. The van der Waals surface area contributed by atoms with Gasteiger partial charge in [-0.05, 0) is 30.9 Å². The lowest BCUT2D eigenvalue weighted by Crippen LogP contribution is -2.09. The molecule has 0 fully saturated rings. The fraction of sp³-hybridized carbons (Fsp3) is 0.562. The van der Waals surface area contributed by atoms with E-state index in [0.717, 1.165) is 5.75 Å². The van der Waals surface area contributed by atoms with Crippen LogP contribution in [0, 0.1) is 11.8 Å². The zero-order valence-electron chi connectivity index (χ0n) is 12.5. The zero-order chi connectivity index (χ0) is 14.4. The fourth-order valence-corrected chi connectivity index (χ4v) is 1.52. The molecule has 3 heteroatoms. The van der Waals surface area contributed by atoms with E-state index in [-0.39, 0.29) is 5.78 Å². The zero-order valence-corrected chi connectivity index (χ0v) is 12.5. The molecule has 0 aliphatic carbocycles. The average molecular weight is 264 g/mol. The Kier molecular flexibility index (Phi) is 5.87. The average Bonchev–Trinajstić information content (AvgIpc) is 2.33. The van der Waals surface area contributed by atoms with Crippen LogP contribution >= 0.6 is 0 Å². The third-order valence-corrected chi connectivity index (χ3v) is 2.49. The van der Waals surface area contributed by atoms with Crippen molar-refractivity contribution in [3.63, 3.8) is 0 Å². The van der Waals surface area contributed by atoms with Crippen LogP contribution in [0.5, 0.6) is 11.5 Å². The highest BCUT2D eigenvalue weighted by Gasteiger charge is 2.11. The Morgan fingerprint density at radius 1 is 1.05 bits per heavy atom. The monoisotopic (exact) mass is 264 g/mol. The molecule has 3 nitrogen and oxygen atoms in total. The van der Waals surface area contributed by atoms with Crippen molar-refractivity contribution >= 4 is 5.78 Å². The number of hydrogen-bond acceptors (Lipinski definition) is 3. The molecule has 0 amide bonds. The number of rotatable bonds is 7. The van der Waals surface area contributed by atoms with Crippen molar-refractivity contribution in [3.05, 3.63) is 23.8 Å². The molecule has 0 bridgehead atoms. The number of ether oxygens (including phenoxy) is 2. The Morgan fingerprint density at radius 2 is 1.63 bits per heavy atom. The van der Waals surface area contributed by atoms with Crippen molar-refractivity contribution < 1.29 is 14.3 Å². The summed E-state index contributed by atoms with van der Waals surface area (Å²) in [7, 11) is 0. The van der Waals surface area contributed by atoms with Gasteiger partial charge in [-0.2, -0.15) is 0 Å². The molecule has 0 unspecified atom stereocenters. The molecule has 19 heavy (non-hydrogen) atoms. The van der Waals surface area contributed by atoms with Gasteiger partial charge in [0.15, 0.2) is 5.78 Å². The van der Waals surface area contributed by atoms with Crippen LogP contribution in [-0.2, 0) is 0 Å². The van der Waals surface area contributed by atoms with E-state index in [4.69, 9.17) is 9.47 Å². The van der Waals surface area contributed by atoms with Gasteiger partial charge >= 0.3 is 0 Å². The molecular formula is C16H24O3. The Bertz CT molecular complexity index is 422. The predicted octanol–water partition coefficient (Wildman–Crippen LogP) is 3.96. The van der Waals surface area contributed by atoms with E-state index in [1.54, 1.807) is 13.0 Å². The van der Waals surface area contributed by atoms with Crippen molar-refractivity contribution in [3.8, 4) is 11.5 Å². The largest absolute Gasteiger partial charge is 0.493 e. The maximum absolute atomic E-state index is 11.6.